The number of carboxylic acids is 1. The SMILES string of the molecule is N#Cc1cccc(-c2nc(N)c(C(=O)O)c(OC3CCC(O)C3)n2)c1. The van der Waals surface area contributed by atoms with Crippen LogP contribution in [0, 0.1) is 11.3 Å². The molecular formula is C17H16N4O4. The molecule has 8 heteroatoms. The number of aliphatic hydroxyl groups excluding tert-OH is 1. The Bertz CT molecular complexity index is 862. The standard InChI is InChI=1S/C17H16N4O4/c18-8-9-2-1-3-10(6-9)15-20-14(19)13(17(23)24)16(21-15)25-12-5-4-11(22)7-12/h1-3,6,11-12,22H,4-5,7H2,(H,23,24)(H2,19,20,21). The van der Waals surface area contributed by atoms with Gasteiger partial charge in [-0.15, -0.1) is 0 Å². The number of rotatable bonds is 4. The second-order valence-electron chi connectivity index (χ2n) is 5.82. The molecule has 1 saturated carbocycles. The third-order valence-corrected chi connectivity index (χ3v) is 4.00. The Kier molecular flexibility index (Phi) is 4.50. The van der Waals surface area contributed by atoms with Crippen LogP contribution in [-0.2, 0) is 0 Å². The van der Waals surface area contributed by atoms with E-state index in [1.165, 1.54) is 0 Å². The fourth-order valence-corrected chi connectivity index (χ4v) is 2.78. The minimum absolute atomic E-state index is 0.128. The molecule has 1 aliphatic rings. The number of nitrogens with two attached hydrogens (primary N) is 1. The first kappa shape index (κ1) is 16.7. The number of hydrogen-bond acceptors (Lipinski definition) is 7. The summed E-state index contributed by atoms with van der Waals surface area (Å²) in [5, 5.41) is 28.0. The van der Waals surface area contributed by atoms with Crippen molar-refractivity contribution in [2.75, 3.05) is 5.73 Å². The van der Waals surface area contributed by atoms with Crippen molar-refractivity contribution >= 4 is 11.8 Å². The van der Waals surface area contributed by atoms with E-state index in [0.717, 1.165) is 0 Å². The van der Waals surface area contributed by atoms with Gasteiger partial charge in [-0.2, -0.15) is 10.2 Å². The maximum atomic E-state index is 11.5. The average Bonchev–Trinajstić information content (AvgIpc) is 2.99. The third kappa shape index (κ3) is 3.51. The largest absolute Gasteiger partial charge is 0.477 e. The second kappa shape index (κ2) is 6.75. The number of aromatic carboxylic acids is 1. The molecule has 8 nitrogen and oxygen atoms in total. The molecule has 0 saturated heterocycles. The van der Waals surface area contributed by atoms with E-state index < -0.39 is 12.1 Å². The van der Waals surface area contributed by atoms with E-state index in [2.05, 4.69) is 9.97 Å². The number of aromatic nitrogens is 2. The molecule has 0 radical (unpaired) electrons. The third-order valence-electron chi connectivity index (χ3n) is 4.00. The number of carboxylic acid groups (broad SMARTS) is 1. The van der Waals surface area contributed by atoms with Gasteiger partial charge < -0.3 is 20.7 Å². The van der Waals surface area contributed by atoms with Crippen LogP contribution in [0.2, 0.25) is 0 Å². The topological polar surface area (TPSA) is 142 Å². The number of nitrogens with zero attached hydrogens (tertiary/aromatic N) is 3. The van der Waals surface area contributed by atoms with E-state index in [1.54, 1.807) is 24.3 Å². The summed E-state index contributed by atoms with van der Waals surface area (Å²) in [4.78, 5) is 19.7. The van der Waals surface area contributed by atoms with Crippen molar-refractivity contribution in [2.24, 2.45) is 0 Å². The fourth-order valence-electron chi connectivity index (χ4n) is 2.78. The molecule has 2 aromatic rings. The number of nitriles is 1. The van der Waals surface area contributed by atoms with Crippen LogP contribution in [0.5, 0.6) is 5.88 Å². The molecule has 3 rings (SSSR count). The molecule has 2 unspecified atom stereocenters. The van der Waals surface area contributed by atoms with E-state index in [0.29, 0.717) is 30.4 Å². The zero-order valence-electron chi connectivity index (χ0n) is 13.2. The van der Waals surface area contributed by atoms with Crippen molar-refractivity contribution in [2.45, 2.75) is 31.5 Å². The maximum Gasteiger partial charge on any atom is 0.345 e. The molecule has 0 aliphatic heterocycles. The summed E-state index contributed by atoms with van der Waals surface area (Å²) in [6.07, 6.45) is 0.793. The monoisotopic (exact) mass is 340 g/mol. The lowest BCUT2D eigenvalue weighted by Crippen LogP contribution is -2.18. The molecule has 1 aromatic heterocycles. The summed E-state index contributed by atoms with van der Waals surface area (Å²) in [7, 11) is 0. The minimum atomic E-state index is -1.29. The second-order valence-corrected chi connectivity index (χ2v) is 5.82. The predicted molar refractivity (Wildman–Crippen MR) is 87.8 cm³/mol. The normalized spacial score (nSPS) is 19.4. The summed E-state index contributed by atoms with van der Waals surface area (Å²) in [5.74, 6) is -1.46. The first-order chi connectivity index (χ1) is 12.0. The number of carbonyl (C=O) groups is 1. The first-order valence-electron chi connectivity index (χ1n) is 7.74. The van der Waals surface area contributed by atoms with Crippen molar-refractivity contribution in [1.29, 1.82) is 5.26 Å². The van der Waals surface area contributed by atoms with E-state index in [4.69, 9.17) is 15.7 Å². The van der Waals surface area contributed by atoms with E-state index in [-0.39, 0.29) is 29.2 Å². The van der Waals surface area contributed by atoms with Crippen LogP contribution in [0.1, 0.15) is 35.2 Å². The Balaban J connectivity index is 2.03. The summed E-state index contributed by atoms with van der Waals surface area (Å²) in [6.45, 7) is 0. The Labute approximate surface area is 143 Å². The first-order valence-corrected chi connectivity index (χ1v) is 7.74. The number of benzene rings is 1. The molecule has 2 atom stereocenters. The summed E-state index contributed by atoms with van der Waals surface area (Å²) in [5.41, 5.74) is 6.45. The lowest BCUT2D eigenvalue weighted by molar-refractivity contribution is 0.0688. The van der Waals surface area contributed by atoms with Crippen molar-refractivity contribution < 1.29 is 19.7 Å². The zero-order chi connectivity index (χ0) is 18.0. The quantitative estimate of drug-likeness (QED) is 0.761. The van der Waals surface area contributed by atoms with Gasteiger partial charge in [-0.25, -0.2) is 9.78 Å². The number of ether oxygens (including phenoxy) is 1. The highest BCUT2D eigenvalue weighted by atomic mass is 16.5. The van der Waals surface area contributed by atoms with Gasteiger partial charge in [0.15, 0.2) is 11.4 Å². The molecule has 0 bridgehead atoms. The lowest BCUT2D eigenvalue weighted by Gasteiger charge is -2.16. The Morgan fingerprint density at radius 3 is 2.80 bits per heavy atom. The van der Waals surface area contributed by atoms with Gasteiger partial charge in [-0.1, -0.05) is 12.1 Å². The van der Waals surface area contributed by atoms with Gasteiger partial charge in [0, 0.05) is 12.0 Å². The Morgan fingerprint density at radius 1 is 1.36 bits per heavy atom. The van der Waals surface area contributed by atoms with Crippen molar-refractivity contribution in [3.63, 3.8) is 0 Å². The summed E-state index contributed by atoms with van der Waals surface area (Å²) in [6, 6.07) is 8.60. The molecule has 1 aliphatic carbocycles. The minimum Gasteiger partial charge on any atom is -0.477 e. The Hall–Kier alpha value is -3.18. The molecule has 1 heterocycles. The number of hydrogen-bond donors (Lipinski definition) is 3. The van der Waals surface area contributed by atoms with Gasteiger partial charge in [0.1, 0.15) is 11.9 Å². The van der Waals surface area contributed by atoms with Crippen molar-refractivity contribution in [3.8, 4) is 23.3 Å². The fraction of sp³-hybridized carbons (Fsp3) is 0.294. The molecular weight excluding hydrogens is 324 g/mol. The summed E-state index contributed by atoms with van der Waals surface area (Å²) >= 11 is 0. The van der Waals surface area contributed by atoms with Crippen LogP contribution in [-0.4, -0.2) is 38.4 Å². The number of anilines is 1. The molecule has 128 valence electrons. The molecule has 1 aromatic carbocycles. The van der Waals surface area contributed by atoms with Gasteiger partial charge in [-0.3, -0.25) is 0 Å². The van der Waals surface area contributed by atoms with Crippen molar-refractivity contribution in [3.05, 3.63) is 35.4 Å². The van der Waals surface area contributed by atoms with Crippen LogP contribution >= 0.6 is 0 Å². The average molecular weight is 340 g/mol. The van der Waals surface area contributed by atoms with Crippen LogP contribution in [0.25, 0.3) is 11.4 Å². The van der Waals surface area contributed by atoms with Crippen LogP contribution in [0.3, 0.4) is 0 Å². The smallest absolute Gasteiger partial charge is 0.345 e. The zero-order valence-corrected chi connectivity index (χ0v) is 13.2. The molecule has 1 fully saturated rings. The lowest BCUT2D eigenvalue weighted by atomic mass is 10.1. The molecule has 0 spiro atoms. The maximum absolute atomic E-state index is 11.5. The molecule has 0 amide bonds. The van der Waals surface area contributed by atoms with Gasteiger partial charge >= 0.3 is 5.97 Å². The van der Waals surface area contributed by atoms with Gasteiger partial charge in [0.25, 0.3) is 0 Å². The van der Waals surface area contributed by atoms with Gasteiger partial charge in [0.05, 0.1) is 17.7 Å². The van der Waals surface area contributed by atoms with E-state index >= 15 is 0 Å². The predicted octanol–water partition coefficient (Wildman–Crippen LogP) is 1.59. The molecule has 25 heavy (non-hydrogen) atoms. The Morgan fingerprint density at radius 2 is 2.16 bits per heavy atom. The number of nitrogen functional groups attached to an aromatic ring is 1. The van der Waals surface area contributed by atoms with Crippen LogP contribution in [0.4, 0.5) is 5.82 Å². The van der Waals surface area contributed by atoms with Crippen molar-refractivity contribution in [1.82, 2.24) is 9.97 Å². The van der Waals surface area contributed by atoms with Gasteiger partial charge in [-0.05, 0) is 25.0 Å². The highest BCUT2D eigenvalue weighted by molar-refractivity contribution is 5.95. The number of aliphatic hydroxyl groups is 1. The highest BCUT2D eigenvalue weighted by Crippen LogP contribution is 2.30. The highest BCUT2D eigenvalue weighted by Gasteiger charge is 2.28. The summed E-state index contributed by atoms with van der Waals surface area (Å²) < 4.78 is 5.70. The van der Waals surface area contributed by atoms with Crippen LogP contribution < -0.4 is 10.5 Å². The van der Waals surface area contributed by atoms with Gasteiger partial charge in [0.2, 0.25) is 5.88 Å². The molecule has 4 N–H and O–H groups in total. The van der Waals surface area contributed by atoms with E-state index in [1.807, 2.05) is 6.07 Å². The van der Waals surface area contributed by atoms with E-state index in [9.17, 15) is 15.0 Å². The van der Waals surface area contributed by atoms with Crippen LogP contribution in [0.15, 0.2) is 24.3 Å².